The largest absolute Gasteiger partial charge is 0.486 e. The minimum Gasteiger partial charge on any atom is -0.486 e. The summed E-state index contributed by atoms with van der Waals surface area (Å²) >= 11 is 0. The predicted octanol–water partition coefficient (Wildman–Crippen LogP) is 2.41. The molecule has 3 rings (SSSR count). The highest BCUT2D eigenvalue weighted by Crippen LogP contribution is 2.35. The molecular formula is C17H18FNO4S. The van der Waals surface area contributed by atoms with Crippen LogP contribution in [0, 0.1) is 5.82 Å². The summed E-state index contributed by atoms with van der Waals surface area (Å²) in [7, 11) is -3.82. The smallest absolute Gasteiger partial charge is 0.206 e. The van der Waals surface area contributed by atoms with Gasteiger partial charge in [-0.3, -0.25) is 0 Å². The number of nitrogens with one attached hydrogen (secondary N) is 1. The predicted molar refractivity (Wildman–Crippen MR) is 86.7 cm³/mol. The van der Waals surface area contributed by atoms with Gasteiger partial charge >= 0.3 is 0 Å². The number of benzene rings is 2. The molecule has 0 spiro atoms. The van der Waals surface area contributed by atoms with Crippen molar-refractivity contribution in [1.82, 2.24) is 5.32 Å². The summed E-state index contributed by atoms with van der Waals surface area (Å²) in [5, 5.41) is 3.16. The van der Waals surface area contributed by atoms with Gasteiger partial charge in [-0.25, -0.2) is 12.8 Å². The lowest BCUT2D eigenvalue weighted by atomic mass is 10.2. The van der Waals surface area contributed by atoms with Crippen molar-refractivity contribution in [1.29, 1.82) is 0 Å². The van der Waals surface area contributed by atoms with Crippen molar-refractivity contribution >= 4 is 9.84 Å². The first-order valence-electron chi connectivity index (χ1n) is 7.65. The third-order valence-electron chi connectivity index (χ3n) is 3.67. The number of hydrogen-bond donors (Lipinski definition) is 1. The monoisotopic (exact) mass is 351 g/mol. The summed E-state index contributed by atoms with van der Waals surface area (Å²) in [5.74, 6) is 0.280. The van der Waals surface area contributed by atoms with Crippen molar-refractivity contribution in [2.24, 2.45) is 0 Å². The Kier molecular flexibility index (Phi) is 4.73. The van der Waals surface area contributed by atoms with Gasteiger partial charge in [0.1, 0.15) is 18.5 Å². The van der Waals surface area contributed by atoms with Gasteiger partial charge in [-0.1, -0.05) is 13.0 Å². The third kappa shape index (κ3) is 3.37. The molecule has 0 aromatic heterocycles. The molecule has 0 amide bonds. The first-order chi connectivity index (χ1) is 11.5. The highest BCUT2D eigenvalue weighted by atomic mass is 32.2. The Morgan fingerprint density at radius 3 is 2.71 bits per heavy atom. The van der Waals surface area contributed by atoms with Crippen LogP contribution in [0.5, 0.6) is 11.5 Å². The minimum atomic E-state index is -3.82. The molecule has 1 unspecified atom stereocenters. The first-order valence-corrected chi connectivity index (χ1v) is 9.14. The summed E-state index contributed by atoms with van der Waals surface area (Å²) < 4.78 is 50.0. The summed E-state index contributed by atoms with van der Waals surface area (Å²) in [4.78, 5) is -0.0528. The molecule has 2 aromatic carbocycles. The lowest BCUT2D eigenvalue weighted by Gasteiger charge is -2.27. The number of likely N-dealkylation sites (N-methyl/N-ethyl adjacent to an activating group) is 1. The maximum absolute atomic E-state index is 13.3. The van der Waals surface area contributed by atoms with Gasteiger partial charge < -0.3 is 14.8 Å². The summed E-state index contributed by atoms with van der Waals surface area (Å²) in [6.07, 6.45) is -0.190. The van der Waals surface area contributed by atoms with Crippen LogP contribution in [0.25, 0.3) is 0 Å². The quantitative estimate of drug-likeness (QED) is 0.896. The van der Waals surface area contributed by atoms with Gasteiger partial charge in [-0.15, -0.1) is 0 Å². The molecule has 0 aliphatic carbocycles. The fourth-order valence-corrected chi connectivity index (χ4v) is 3.75. The normalized spacial score (nSPS) is 16.8. The van der Waals surface area contributed by atoms with E-state index in [1.807, 2.05) is 6.92 Å². The highest BCUT2D eigenvalue weighted by molar-refractivity contribution is 7.91. The lowest BCUT2D eigenvalue weighted by Crippen LogP contribution is -2.38. The molecule has 1 atom stereocenters. The van der Waals surface area contributed by atoms with E-state index in [-0.39, 0.29) is 15.9 Å². The summed E-state index contributed by atoms with van der Waals surface area (Å²) in [6, 6.07) is 9.36. The van der Waals surface area contributed by atoms with Crippen LogP contribution in [0.3, 0.4) is 0 Å². The molecular weight excluding hydrogens is 333 g/mol. The van der Waals surface area contributed by atoms with E-state index in [0.717, 1.165) is 12.6 Å². The fourth-order valence-electron chi connectivity index (χ4n) is 2.44. The molecule has 0 saturated carbocycles. The van der Waals surface area contributed by atoms with Gasteiger partial charge in [0.25, 0.3) is 0 Å². The molecule has 24 heavy (non-hydrogen) atoms. The molecule has 0 saturated heterocycles. The number of hydrogen-bond acceptors (Lipinski definition) is 5. The molecule has 5 nitrogen and oxygen atoms in total. The van der Waals surface area contributed by atoms with Gasteiger partial charge in [-0.05, 0) is 36.9 Å². The zero-order chi connectivity index (χ0) is 17.2. The van der Waals surface area contributed by atoms with E-state index in [1.165, 1.54) is 30.3 Å². The van der Waals surface area contributed by atoms with Crippen LogP contribution >= 0.6 is 0 Å². The highest BCUT2D eigenvalue weighted by Gasteiger charge is 2.25. The second-order valence-corrected chi connectivity index (χ2v) is 7.38. The molecule has 1 heterocycles. The standard InChI is InChI=1S/C17H18FNO4S/c1-2-19-10-13-11-22-16-7-6-15(9-17(16)23-13)24(20,21)14-5-3-4-12(18)8-14/h3-9,13,19H,2,10-11H2,1H3. The zero-order valence-corrected chi connectivity index (χ0v) is 14.0. The Balaban J connectivity index is 1.91. The van der Waals surface area contributed by atoms with E-state index in [0.29, 0.717) is 24.7 Å². The minimum absolute atomic E-state index is 0.0413. The first kappa shape index (κ1) is 16.7. The summed E-state index contributed by atoms with van der Waals surface area (Å²) in [5.41, 5.74) is 0. The van der Waals surface area contributed by atoms with E-state index in [2.05, 4.69) is 5.32 Å². The van der Waals surface area contributed by atoms with E-state index >= 15 is 0 Å². The Bertz CT molecular complexity index is 838. The van der Waals surface area contributed by atoms with Crippen molar-refractivity contribution in [3.05, 3.63) is 48.3 Å². The molecule has 1 aliphatic rings. The van der Waals surface area contributed by atoms with Crippen molar-refractivity contribution < 1.29 is 22.3 Å². The van der Waals surface area contributed by atoms with Crippen LogP contribution in [0.4, 0.5) is 4.39 Å². The molecule has 0 radical (unpaired) electrons. The van der Waals surface area contributed by atoms with Crippen LogP contribution < -0.4 is 14.8 Å². The van der Waals surface area contributed by atoms with E-state index < -0.39 is 15.7 Å². The molecule has 1 N–H and O–H groups in total. The zero-order valence-electron chi connectivity index (χ0n) is 13.2. The fraction of sp³-hybridized carbons (Fsp3) is 0.294. The number of fused-ring (bicyclic) bond motifs is 1. The van der Waals surface area contributed by atoms with Crippen LogP contribution in [0.1, 0.15) is 6.92 Å². The molecule has 0 bridgehead atoms. The summed E-state index contributed by atoms with van der Waals surface area (Å²) in [6.45, 7) is 3.80. The van der Waals surface area contributed by atoms with Crippen molar-refractivity contribution in [3.63, 3.8) is 0 Å². The maximum Gasteiger partial charge on any atom is 0.206 e. The number of ether oxygens (including phenoxy) is 2. The molecule has 128 valence electrons. The Labute approximate surface area is 140 Å². The number of sulfone groups is 1. The lowest BCUT2D eigenvalue weighted by molar-refractivity contribution is 0.0904. The Morgan fingerprint density at radius 1 is 1.17 bits per heavy atom. The van der Waals surface area contributed by atoms with Crippen molar-refractivity contribution in [3.8, 4) is 11.5 Å². The molecule has 0 fully saturated rings. The average Bonchev–Trinajstić information content (AvgIpc) is 2.59. The second-order valence-electron chi connectivity index (χ2n) is 5.43. The van der Waals surface area contributed by atoms with Gasteiger partial charge in [-0.2, -0.15) is 0 Å². The molecule has 1 aliphatic heterocycles. The van der Waals surface area contributed by atoms with Crippen LogP contribution in [-0.2, 0) is 9.84 Å². The van der Waals surface area contributed by atoms with Crippen LogP contribution in [-0.4, -0.2) is 34.2 Å². The van der Waals surface area contributed by atoms with Gasteiger partial charge in [0.05, 0.1) is 9.79 Å². The number of halogens is 1. The SMILES string of the molecule is CCNCC1COc2ccc(S(=O)(=O)c3cccc(F)c3)cc2O1. The second kappa shape index (κ2) is 6.78. The Morgan fingerprint density at radius 2 is 1.96 bits per heavy atom. The molecule has 2 aromatic rings. The Hall–Kier alpha value is -2.12. The van der Waals surface area contributed by atoms with Crippen LogP contribution in [0.15, 0.2) is 52.3 Å². The van der Waals surface area contributed by atoms with Gasteiger partial charge in [0.2, 0.25) is 9.84 Å². The number of rotatable bonds is 5. The average molecular weight is 351 g/mol. The third-order valence-corrected chi connectivity index (χ3v) is 5.42. The van der Waals surface area contributed by atoms with Gasteiger partial charge in [0, 0.05) is 12.6 Å². The van der Waals surface area contributed by atoms with E-state index in [9.17, 15) is 12.8 Å². The van der Waals surface area contributed by atoms with E-state index in [4.69, 9.17) is 9.47 Å². The topological polar surface area (TPSA) is 64.6 Å². The van der Waals surface area contributed by atoms with Crippen molar-refractivity contribution in [2.75, 3.05) is 19.7 Å². The maximum atomic E-state index is 13.3. The van der Waals surface area contributed by atoms with Crippen LogP contribution in [0.2, 0.25) is 0 Å². The van der Waals surface area contributed by atoms with Crippen molar-refractivity contribution in [2.45, 2.75) is 22.8 Å². The van der Waals surface area contributed by atoms with Gasteiger partial charge in [0.15, 0.2) is 11.5 Å². The van der Waals surface area contributed by atoms with E-state index in [1.54, 1.807) is 6.07 Å². The molecule has 7 heteroatoms.